The van der Waals surface area contributed by atoms with Crippen LogP contribution in [0.25, 0.3) is 0 Å². The fourth-order valence-electron chi connectivity index (χ4n) is 3.43. The van der Waals surface area contributed by atoms with Gasteiger partial charge in [-0.1, -0.05) is 36.8 Å². The lowest BCUT2D eigenvalue weighted by molar-refractivity contribution is 0.0576. The summed E-state index contributed by atoms with van der Waals surface area (Å²) in [6, 6.07) is 9.60. The minimum Gasteiger partial charge on any atom is -0.478 e. The molecule has 1 aliphatic rings. The Morgan fingerprint density at radius 1 is 1.24 bits per heavy atom. The van der Waals surface area contributed by atoms with Gasteiger partial charge in [0.25, 0.3) is 5.91 Å². The second-order valence-corrected chi connectivity index (χ2v) is 6.53. The van der Waals surface area contributed by atoms with Crippen molar-refractivity contribution >= 4 is 11.9 Å². The van der Waals surface area contributed by atoms with E-state index in [0.29, 0.717) is 18.7 Å². The second kappa shape index (κ2) is 7.13. The smallest absolute Gasteiger partial charge is 0.339 e. The predicted octanol–water partition coefficient (Wildman–Crippen LogP) is 4.22. The highest BCUT2D eigenvalue weighted by molar-refractivity contribution is 5.96. The fourth-order valence-corrected chi connectivity index (χ4v) is 3.43. The van der Waals surface area contributed by atoms with Gasteiger partial charge in [0.1, 0.15) is 11.3 Å². The number of aryl methyl sites for hydroxylation is 2. The Labute approximate surface area is 147 Å². The minimum absolute atomic E-state index is 0.00491. The van der Waals surface area contributed by atoms with E-state index in [-0.39, 0.29) is 23.3 Å². The third-order valence-corrected chi connectivity index (χ3v) is 4.80. The third-order valence-electron chi connectivity index (χ3n) is 4.80. The monoisotopic (exact) mass is 341 g/mol. The van der Waals surface area contributed by atoms with Gasteiger partial charge in [-0.3, -0.25) is 4.79 Å². The predicted molar refractivity (Wildman–Crippen MR) is 93.9 cm³/mol. The topological polar surface area (TPSA) is 70.8 Å². The van der Waals surface area contributed by atoms with Crippen LogP contribution in [-0.2, 0) is 6.42 Å². The van der Waals surface area contributed by atoms with Gasteiger partial charge in [0.05, 0.1) is 6.04 Å². The van der Waals surface area contributed by atoms with E-state index >= 15 is 0 Å². The molecule has 1 N–H and O–H groups in total. The Morgan fingerprint density at radius 3 is 2.56 bits per heavy atom. The molecule has 1 unspecified atom stereocenters. The van der Waals surface area contributed by atoms with E-state index in [1.54, 1.807) is 0 Å². The van der Waals surface area contributed by atoms with Gasteiger partial charge in [-0.25, -0.2) is 4.79 Å². The van der Waals surface area contributed by atoms with Crippen LogP contribution in [-0.4, -0.2) is 28.4 Å². The van der Waals surface area contributed by atoms with Crippen LogP contribution in [0.5, 0.6) is 0 Å². The van der Waals surface area contributed by atoms with E-state index in [1.807, 2.05) is 18.7 Å². The molecule has 5 nitrogen and oxygen atoms in total. The molecule has 1 atom stereocenters. The fraction of sp³-hybridized carbons (Fsp3) is 0.400. The molecule has 0 bridgehead atoms. The van der Waals surface area contributed by atoms with Gasteiger partial charge in [-0.2, -0.15) is 0 Å². The first-order valence-electron chi connectivity index (χ1n) is 8.74. The number of likely N-dealkylation sites (tertiary alicyclic amines) is 1. The lowest BCUT2D eigenvalue weighted by Crippen LogP contribution is -2.38. The molecule has 1 aromatic heterocycles. The van der Waals surface area contributed by atoms with Crippen molar-refractivity contribution in [3.05, 3.63) is 58.5 Å². The van der Waals surface area contributed by atoms with Crippen molar-refractivity contribution < 1.29 is 19.1 Å². The first-order chi connectivity index (χ1) is 12.0. The number of carbonyl (C=O) groups is 2. The summed E-state index contributed by atoms with van der Waals surface area (Å²) in [6.45, 7) is 4.51. The molecular weight excluding hydrogens is 318 g/mol. The molecule has 2 heterocycles. The van der Waals surface area contributed by atoms with Gasteiger partial charge in [-0.05, 0) is 31.7 Å². The van der Waals surface area contributed by atoms with Crippen LogP contribution in [0.4, 0.5) is 0 Å². The Hall–Kier alpha value is -2.56. The number of amides is 1. The number of piperidine rings is 1. The Bertz CT molecular complexity index is 775. The van der Waals surface area contributed by atoms with Gasteiger partial charge in [-0.15, -0.1) is 0 Å². The molecule has 1 aliphatic heterocycles. The lowest BCUT2D eigenvalue weighted by atomic mass is 9.94. The van der Waals surface area contributed by atoms with E-state index < -0.39 is 5.97 Å². The summed E-state index contributed by atoms with van der Waals surface area (Å²) in [6.07, 6.45) is 3.36. The molecule has 0 aliphatic carbocycles. The molecule has 1 amide bonds. The summed E-state index contributed by atoms with van der Waals surface area (Å²) in [5.74, 6) is -0.825. The SMILES string of the molecule is CCc1oc(C(=O)N2CCCCC2c2ccc(C)cc2)cc1C(=O)O. The number of hydrogen-bond donors (Lipinski definition) is 1. The average Bonchev–Trinajstić information content (AvgIpc) is 3.06. The van der Waals surface area contributed by atoms with Gasteiger partial charge in [0, 0.05) is 19.0 Å². The van der Waals surface area contributed by atoms with Crippen molar-refractivity contribution in [3.63, 3.8) is 0 Å². The van der Waals surface area contributed by atoms with E-state index in [1.165, 1.54) is 11.6 Å². The minimum atomic E-state index is -1.06. The summed E-state index contributed by atoms with van der Waals surface area (Å²) in [5.41, 5.74) is 2.37. The van der Waals surface area contributed by atoms with Crippen molar-refractivity contribution in [2.45, 2.75) is 45.6 Å². The standard InChI is InChI=1S/C20H23NO4/c1-3-17-15(20(23)24)12-18(25-17)19(22)21-11-5-4-6-16(21)14-9-7-13(2)8-10-14/h7-10,12,16H,3-6,11H2,1-2H3,(H,23,24). The molecule has 0 radical (unpaired) electrons. The maximum Gasteiger partial charge on any atom is 0.339 e. The molecule has 3 rings (SSSR count). The zero-order chi connectivity index (χ0) is 18.0. The molecule has 1 fully saturated rings. The molecule has 0 spiro atoms. The molecular formula is C20H23NO4. The molecule has 2 aromatic rings. The van der Waals surface area contributed by atoms with Crippen LogP contribution in [0.1, 0.15) is 70.0 Å². The van der Waals surface area contributed by atoms with Crippen molar-refractivity contribution in [1.82, 2.24) is 4.90 Å². The highest BCUT2D eigenvalue weighted by Crippen LogP contribution is 2.33. The largest absolute Gasteiger partial charge is 0.478 e. The van der Waals surface area contributed by atoms with Crippen LogP contribution in [0.3, 0.4) is 0 Å². The van der Waals surface area contributed by atoms with Crippen LogP contribution < -0.4 is 0 Å². The Balaban J connectivity index is 1.91. The highest BCUT2D eigenvalue weighted by Gasteiger charge is 2.31. The molecule has 1 saturated heterocycles. The number of carboxylic acids is 1. The van der Waals surface area contributed by atoms with E-state index in [4.69, 9.17) is 4.42 Å². The van der Waals surface area contributed by atoms with Crippen LogP contribution >= 0.6 is 0 Å². The van der Waals surface area contributed by atoms with Crippen LogP contribution in [0, 0.1) is 6.92 Å². The molecule has 5 heteroatoms. The normalized spacial score (nSPS) is 17.5. The van der Waals surface area contributed by atoms with E-state index in [9.17, 15) is 14.7 Å². The van der Waals surface area contributed by atoms with Crippen molar-refractivity contribution in [2.24, 2.45) is 0 Å². The summed E-state index contributed by atoms with van der Waals surface area (Å²) in [4.78, 5) is 26.1. The number of aromatic carboxylic acids is 1. The molecule has 0 saturated carbocycles. The van der Waals surface area contributed by atoms with E-state index in [2.05, 4.69) is 24.3 Å². The Morgan fingerprint density at radius 2 is 1.96 bits per heavy atom. The number of carboxylic acid groups (broad SMARTS) is 1. The quantitative estimate of drug-likeness (QED) is 0.904. The van der Waals surface area contributed by atoms with Crippen LogP contribution in [0.2, 0.25) is 0 Å². The molecule has 1 aromatic carbocycles. The van der Waals surface area contributed by atoms with Crippen molar-refractivity contribution in [2.75, 3.05) is 6.54 Å². The number of furan rings is 1. The number of benzene rings is 1. The molecule has 25 heavy (non-hydrogen) atoms. The van der Waals surface area contributed by atoms with Gasteiger partial charge in [0.2, 0.25) is 0 Å². The number of hydrogen-bond acceptors (Lipinski definition) is 3. The van der Waals surface area contributed by atoms with Crippen molar-refractivity contribution in [1.29, 1.82) is 0 Å². The summed E-state index contributed by atoms with van der Waals surface area (Å²) in [5, 5.41) is 9.27. The number of carbonyl (C=O) groups excluding carboxylic acids is 1. The zero-order valence-corrected chi connectivity index (χ0v) is 14.6. The molecule has 132 valence electrons. The number of nitrogens with zero attached hydrogens (tertiary/aromatic N) is 1. The summed E-state index contributed by atoms with van der Waals surface area (Å²) < 4.78 is 5.57. The highest BCUT2D eigenvalue weighted by atomic mass is 16.4. The zero-order valence-electron chi connectivity index (χ0n) is 14.6. The maximum atomic E-state index is 13.0. The summed E-state index contributed by atoms with van der Waals surface area (Å²) >= 11 is 0. The second-order valence-electron chi connectivity index (χ2n) is 6.53. The van der Waals surface area contributed by atoms with Crippen molar-refractivity contribution in [3.8, 4) is 0 Å². The first-order valence-corrected chi connectivity index (χ1v) is 8.74. The van der Waals surface area contributed by atoms with Crippen LogP contribution in [0.15, 0.2) is 34.7 Å². The number of rotatable bonds is 4. The lowest BCUT2D eigenvalue weighted by Gasteiger charge is -2.35. The van der Waals surface area contributed by atoms with Gasteiger partial charge >= 0.3 is 5.97 Å². The first kappa shape index (κ1) is 17.3. The van der Waals surface area contributed by atoms with E-state index in [0.717, 1.165) is 24.8 Å². The van der Waals surface area contributed by atoms with Gasteiger partial charge < -0.3 is 14.4 Å². The Kier molecular flexibility index (Phi) is 4.93. The van der Waals surface area contributed by atoms with Gasteiger partial charge in [0.15, 0.2) is 5.76 Å². The maximum absolute atomic E-state index is 13.0. The average molecular weight is 341 g/mol. The third kappa shape index (κ3) is 3.45. The summed E-state index contributed by atoms with van der Waals surface area (Å²) in [7, 11) is 0.